The van der Waals surface area contributed by atoms with Crippen LogP contribution in [0.1, 0.15) is 23.8 Å². The molecule has 0 aliphatic heterocycles. The van der Waals surface area contributed by atoms with Crippen LogP contribution in [0.3, 0.4) is 0 Å². The summed E-state index contributed by atoms with van der Waals surface area (Å²) in [5.74, 6) is 0.598. The lowest BCUT2D eigenvalue weighted by Crippen LogP contribution is -2.41. The van der Waals surface area contributed by atoms with Gasteiger partial charge >= 0.3 is 0 Å². The zero-order chi connectivity index (χ0) is 9.42. The fraction of sp³-hybridized carbons (Fsp3) is 0.556. The van der Waals surface area contributed by atoms with Crippen molar-refractivity contribution in [1.82, 2.24) is 0 Å². The Labute approximate surface area is 90.4 Å². The highest BCUT2D eigenvalue weighted by Crippen LogP contribution is 2.38. The van der Waals surface area contributed by atoms with Crippen LogP contribution >= 0.6 is 27.3 Å². The van der Waals surface area contributed by atoms with Gasteiger partial charge in [-0.05, 0) is 40.8 Å². The number of hydrogen-bond acceptors (Lipinski definition) is 3. The first-order valence-corrected chi connectivity index (χ1v) is 6.09. The zero-order valence-electron chi connectivity index (χ0n) is 7.24. The van der Waals surface area contributed by atoms with Crippen LogP contribution < -0.4 is 11.5 Å². The highest BCUT2D eigenvalue weighted by atomic mass is 79.9. The second kappa shape index (κ2) is 3.69. The van der Waals surface area contributed by atoms with Gasteiger partial charge in [0.1, 0.15) is 0 Å². The van der Waals surface area contributed by atoms with Crippen molar-refractivity contribution < 1.29 is 0 Å². The van der Waals surface area contributed by atoms with Crippen LogP contribution in [0, 0.1) is 5.92 Å². The number of rotatable bonds is 2. The van der Waals surface area contributed by atoms with Gasteiger partial charge in [-0.1, -0.05) is 0 Å². The Kier molecular flexibility index (Phi) is 2.74. The first-order chi connectivity index (χ1) is 6.16. The summed E-state index contributed by atoms with van der Waals surface area (Å²) >= 11 is 5.16. The Morgan fingerprint density at radius 1 is 1.54 bits per heavy atom. The van der Waals surface area contributed by atoms with Gasteiger partial charge in [0.15, 0.2) is 0 Å². The summed E-state index contributed by atoms with van der Waals surface area (Å²) in [7, 11) is 0. The maximum atomic E-state index is 6.11. The van der Waals surface area contributed by atoms with Crippen molar-refractivity contribution >= 4 is 27.3 Å². The standard InChI is InChI=1S/C9H13BrN2S/c10-6-3-8(13-4-6)9(12)5-1-7(11)2-5/h3-5,7,9H,1-2,11-12H2. The van der Waals surface area contributed by atoms with Crippen LogP contribution in [0.4, 0.5) is 0 Å². The molecule has 0 spiro atoms. The molecule has 0 bridgehead atoms. The predicted molar refractivity (Wildman–Crippen MR) is 59.6 cm³/mol. The Morgan fingerprint density at radius 2 is 2.23 bits per heavy atom. The molecule has 4 N–H and O–H groups in total. The summed E-state index contributed by atoms with van der Waals surface area (Å²) in [5.41, 5.74) is 11.8. The Balaban J connectivity index is 2.01. The lowest BCUT2D eigenvalue weighted by atomic mass is 9.76. The van der Waals surface area contributed by atoms with Gasteiger partial charge in [-0.3, -0.25) is 0 Å². The van der Waals surface area contributed by atoms with E-state index in [0.717, 1.165) is 17.3 Å². The van der Waals surface area contributed by atoms with Crippen LogP contribution in [0.2, 0.25) is 0 Å². The van der Waals surface area contributed by atoms with Crippen LogP contribution in [-0.2, 0) is 0 Å². The number of thiophene rings is 1. The van der Waals surface area contributed by atoms with E-state index in [1.54, 1.807) is 11.3 Å². The first kappa shape index (κ1) is 9.65. The minimum Gasteiger partial charge on any atom is -0.328 e. The number of hydrogen-bond donors (Lipinski definition) is 2. The molecule has 1 aliphatic rings. The number of nitrogens with two attached hydrogens (primary N) is 2. The van der Waals surface area contributed by atoms with Crippen molar-refractivity contribution in [3.05, 3.63) is 20.8 Å². The fourth-order valence-electron chi connectivity index (χ4n) is 1.74. The molecule has 1 aromatic heterocycles. The lowest BCUT2D eigenvalue weighted by Gasteiger charge is -2.36. The van der Waals surface area contributed by atoms with Gasteiger partial charge in [-0.25, -0.2) is 0 Å². The van der Waals surface area contributed by atoms with E-state index in [0.29, 0.717) is 12.0 Å². The molecule has 1 saturated carbocycles. The Morgan fingerprint density at radius 3 is 2.69 bits per heavy atom. The molecule has 2 nitrogen and oxygen atoms in total. The van der Waals surface area contributed by atoms with Gasteiger partial charge in [-0.15, -0.1) is 11.3 Å². The molecule has 1 aliphatic carbocycles. The first-order valence-electron chi connectivity index (χ1n) is 4.42. The second-order valence-electron chi connectivity index (χ2n) is 3.68. The molecule has 1 atom stereocenters. The van der Waals surface area contributed by atoms with Gasteiger partial charge < -0.3 is 11.5 Å². The van der Waals surface area contributed by atoms with Crippen LogP contribution in [0.5, 0.6) is 0 Å². The van der Waals surface area contributed by atoms with Gasteiger partial charge in [0.2, 0.25) is 0 Å². The van der Waals surface area contributed by atoms with Gasteiger partial charge in [0.05, 0.1) is 0 Å². The molecule has 13 heavy (non-hydrogen) atoms. The molecule has 1 aromatic rings. The molecular formula is C9H13BrN2S. The average molecular weight is 261 g/mol. The van der Waals surface area contributed by atoms with Crippen molar-refractivity contribution in [3.63, 3.8) is 0 Å². The van der Waals surface area contributed by atoms with Gasteiger partial charge in [0.25, 0.3) is 0 Å². The molecule has 1 heterocycles. The molecule has 2 rings (SSSR count). The van der Waals surface area contributed by atoms with E-state index in [1.807, 2.05) is 0 Å². The minimum absolute atomic E-state index is 0.191. The Bertz CT molecular complexity index is 294. The van der Waals surface area contributed by atoms with Crippen molar-refractivity contribution in [3.8, 4) is 0 Å². The fourth-order valence-corrected chi connectivity index (χ4v) is 3.28. The monoisotopic (exact) mass is 260 g/mol. The third-order valence-electron chi connectivity index (χ3n) is 2.64. The summed E-state index contributed by atoms with van der Waals surface area (Å²) in [6.07, 6.45) is 2.16. The van der Waals surface area contributed by atoms with E-state index in [1.165, 1.54) is 4.88 Å². The summed E-state index contributed by atoms with van der Waals surface area (Å²) in [6, 6.07) is 2.69. The summed E-state index contributed by atoms with van der Waals surface area (Å²) in [4.78, 5) is 1.27. The molecule has 0 saturated heterocycles. The van der Waals surface area contributed by atoms with E-state index >= 15 is 0 Å². The van der Waals surface area contributed by atoms with Gasteiger partial charge in [0, 0.05) is 26.8 Å². The molecule has 0 aromatic carbocycles. The largest absolute Gasteiger partial charge is 0.328 e. The van der Waals surface area contributed by atoms with E-state index in [9.17, 15) is 0 Å². The zero-order valence-corrected chi connectivity index (χ0v) is 9.64. The topological polar surface area (TPSA) is 52.0 Å². The van der Waals surface area contributed by atoms with Crippen molar-refractivity contribution in [2.75, 3.05) is 0 Å². The molecule has 1 unspecified atom stereocenters. The van der Waals surface area contributed by atoms with Gasteiger partial charge in [-0.2, -0.15) is 0 Å². The highest BCUT2D eigenvalue weighted by Gasteiger charge is 2.32. The van der Waals surface area contributed by atoms with Crippen molar-refractivity contribution in [1.29, 1.82) is 0 Å². The number of halogens is 1. The Hall–Kier alpha value is 0.1000. The van der Waals surface area contributed by atoms with E-state index < -0.39 is 0 Å². The summed E-state index contributed by atoms with van der Waals surface area (Å²) in [5, 5.41) is 2.08. The van der Waals surface area contributed by atoms with Crippen LogP contribution in [0.15, 0.2) is 15.9 Å². The highest BCUT2D eigenvalue weighted by molar-refractivity contribution is 9.10. The third-order valence-corrected chi connectivity index (χ3v) is 4.43. The van der Waals surface area contributed by atoms with Crippen LogP contribution in [0.25, 0.3) is 0 Å². The smallest absolute Gasteiger partial charge is 0.0419 e. The van der Waals surface area contributed by atoms with Crippen molar-refractivity contribution in [2.24, 2.45) is 17.4 Å². The lowest BCUT2D eigenvalue weighted by molar-refractivity contribution is 0.226. The van der Waals surface area contributed by atoms with Crippen molar-refractivity contribution in [2.45, 2.75) is 24.9 Å². The molecule has 0 amide bonds. The normalized spacial score (nSPS) is 29.8. The maximum absolute atomic E-state index is 6.11. The van der Waals surface area contributed by atoms with E-state index in [4.69, 9.17) is 11.5 Å². The van der Waals surface area contributed by atoms with E-state index in [-0.39, 0.29) is 6.04 Å². The SMILES string of the molecule is NC1CC(C(N)c2cc(Br)cs2)C1. The maximum Gasteiger partial charge on any atom is 0.0419 e. The molecular weight excluding hydrogens is 248 g/mol. The summed E-state index contributed by atoms with van der Waals surface area (Å²) < 4.78 is 1.13. The minimum atomic E-state index is 0.191. The average Bonchev–Trinajstić information content (AvgIpc) is 2.45. The second-order valence-corrected chi connectivity index (χ2v) is 5.54. The van der Waals surface area contributed by atoms with Crippen LogP contribution in [-0.4, -0.2) is 6.04 Å². The molecule has 72 valence electrons. The predicted octanol–water partition coefficient (Wildman–Crippen LogP) is 2.25. The molecule has 0 radical (unpaired) electrons. The quantitative estimate of drug-likeness (QED) is 0.857. The molecule has 4 heteroatoms. The molecule has 1 fully saturated rings. The summed E-state index contributed by atoms with van der Waals surface area (Å²) in [6.45, 7) is 0. The third kappa shape index (κ3) is 1.96. The van der Waals surface area contributed by atoms with E-state index in [2.05, 4.69) is 27.4 Å².